The summed E-state index contributed by atoms with van der Waals surface area (Å²) in [5.74, 6) is 0.407. The molecule has 0 saturated carbocycles. The molecule has 0 N–H and O–H groups in total. The first kappa shape index (κ1) is 20.4. The van der Waals surface area contributed by atoms with Gasteiger partial charge in [-0.15, -0.1) is 0 Å². The van der Waals surface area contributed by atoms with Crippen molar-refractivity contribution in [2.45, 2.75) is 39.5 Å². The van der Waals surface area contributed by atoms with E-state index in [1.807, 2.05) is 29.2 Å². The highest BCUT2D eigenvalue weighted by molar-refractivity contribution is 6.35. The molecular weight excluding hydrogens is 356 g/mol. The molecule has 6 nitrogen and oxygen atoms in total. The van der Waals surface area contributed by atoms with E-state index >= 15 is 0 Å². The van der Waals surface area contributed by atoms with Crippen LogP contribution in [-0.4, -0.2) is 61.1 Å². The summed E-state index contributed by atoms with van der Waals surface area (Å²) in [7, 11) is 0. The molecule has 28 heavy (non-hydrogen) atoms. The number of benzene rings is 1. The zero-order chi connectivity index (χ0) is 19.9. The smallest absolute Gasteiger partial charge is 0.277 e. The fraction of sp³-hybridized carbons (Fsp3) is 0.545. The van der Waals surface area contributed by atoms with E-state index in [4.69, 9.17) is 9.47 Å². The molecule has 2 aliphatic heterocycles. The molecule has 0 atom stereocenters. The quantitative estimate of drug-likeness (QED) is 0.482. The van der Waals surface area contributed by atoms with Gasteiger partial charge in [-0.3, -0.25) is 14.5 Å². The summed E-state index contributed by atoms with van der Waals surface area (Å²) < 4.78 is 11.1. The van der Waals surface area contributed by atoms with Gasteiger partial charge < -0.3 is 14.4 Å². The van der Waals surface area contributed by atoms with Crippen LogP contribution >= 0.6 is 0 Å². The van der Waals surface area contributed by atoms with Gasteiger partial charge in [0.15, 0.2) is 0 Å². The Morgan fingerprint density at radius 1 is 0.964 bits per heavy atom. The van der Waals surface area contributed by atoms with Crippen molar-refractivity contribution in [1.29, 1.82) is 0 Å². The van der Waals surface area contributed by atoms with Gasteiger partial charge in [-0.2, -0.15) is 0 Å². The number of amides is 2. The standard InChI is InChI=1S/C22H30N2O4/c1-3-5-6-11-24-21(25)19(17-7-9-18(10-8-17)28-14-4-2)20(22(24)26)23-12-15-27-16-13-23/h7-10H,3-6,11-16H2,1-2H3. The second-order valence-corrected chi connectivity index (χ2v) is 7.16. The van der Waals surface area contributed by atoms with Gasteiger partial charge in [0, 0.05) is 19.6 Å². The summed E-state index contributed by atoms with van der Waals surface area (Å²) >= 11 is 0. The molecule has 3 rings (SSSR count). The first-order valence-corrected chi connectivity index (χ1v) is 10.3. The molecule has 0 spiro atoms. The molecule has 1 aromatic carbocycles. The van der Waals surface area contributed by atoms with Gasteiger partial charge in [-0.25, -0.2) is 0 Å². The molecule has 0 aliphatic carbocycles. The molecule has 2 amide bonds. The molecule has 2 heterocycles. The Morgan fingerprint density at radius 3 is 2.32 bits per heavy atom. The first-order chi connectivity index (χ1) is 13.7. The van der Waals surface area contributed by atoms with E-state index in [0.717, 1.165) is 37.0 Å². The maximum Gasteiger partial charge on any atom is 0.277 e. The molecule has 2 aliphatic rings. The van der Waals surface area contributed by atoms with Crippen LogP contribution in [0.2, 0.25) is 0 Å². The monoisotopic (exact) mass is 386 g/mol. The van der Waals surface area contributed by atoms with E-state index in [2.05, 4.69) is 13.8 Å². The van der Waals surface area contributed by atoms with Crippen LogP contribution in [0.4, 0.5) is 0 Å². The number of carbonyl (C=O) groups excluding carboxylic acids is 2. The number of morpholine rings is 1. The largest absolute Gasteiger partial charge is 0.494 e. The Kier molecular flexibility index (Phi) is 7.09. The van der Waals surface area contributed by atoms with E-state index < -0.39 is 0 Å². The third kappa shape index (κ3) is 4.38. The molecule has 0 unspecified atom stereocenters. The van der Waals surface area contributed by atoms with E-state index in [1.165, 1.54) is 4.90 Å². The number of unbranched alkanes of at least 4 members (excludes halogenated alkanes) is 2. The molecule has 0 bridgehead atoms. The third-order valence-electron chi connectivity index (χ3n) is 5.07. The van der Waals surface area contributed by atoms with Crippen LogP contribution < -0.4 is 4.74 Å². The lowest BCUT2D eigenvalue weighted by atomic mass is 10.0. The average Bonchev–Trinajstić information content (AvgIpc) is 2.98. The lowest BCUT2D eigenvalue weighted by molar-refractivity contribution is -0.137. The molecule has 0 aromatic heterocycles. The Labute approximate surface area is 167 Å². The maximum absolute atomic E-state index is 13.2. The molecule has 152 valence electrons. The third-order valence-corrected chi connectivity index (χ3v) is 5.07. The van der Waals surface area contributed by atoms with Crippen molar-refractivity contribution in [3.63, 3.8) is 0 Å². The Balaban J connectivity index is 1.90. The van der Waals surface area contributed by atoms with Crippen molar-refractivity contribution >= 4 is 17.4 Å². The molecule has 6 heteroatoms. The van der Waals surface area contributed by atoms with Crippen LogP contribution in [0.5, 0.6) is 5.75 Å². The second-order valence-electron chi connectivity index (χ2n) is 7.16. The normalized spacial score (nSPS) is 17.6. The van der Waals surface area contributed by atoms with Crippen molar-refractivity contribution in [2.24, 2.45) is 0 Å². The van der Waals surface area contributed by atoms with Crippen LogP contribution in [0.3, 0.4) is 0 Å². The first-order valence-electron chi connectivity index (χ1n) is 10.3. The summed E-state index contributed by atoms with van der Waals surface area (Å²) in [5, 5.41) is 0. The van der Waals surface area contributed by atoms with Gasteiger partial charge in [-0.05, 0) is 30.5 Å². The van der Waals surface area contributed by atoms with E-state index in [9.17, 15) is 9.59 Å². The summed E-state index contributed by atoms with van der Waals surface area (Å²) in [4.78, 5) is 29.7. The van der Waals surface area contributed by atoms with E-state index in [0.29, 0.717) is 50.7 Å². The Hall–Kier alpha value is -2.34. The predicted molar refractivity (Wildman–Crippen MR) is 108 cm³/mol. The summed E-state index contributed by atoms with van der Waals surface area (Å²) in [6.45, 7) is 7.68. The Bertz CT molecular complexity index is 721. The van der Waals surface area contributed by atoms with Crippen LogP contribution in [0.15, 0.2) is 30.0 Å². The minimum atomic E-state index is -0.190. The number of nitrogens with zero attached hydrogens (tertiary/aromatic N) is 2. The van der Waals surface area contributed by atoms with Crippen molar-refractivity contribution in [3.05, 3.63) is 35.5 Å². The number of rotatable bonds is 9. The van der Waals surface area contributed by atoms with Crippen molar-refractivity contribution in [2.75, 3.05) is 39.5 Å². The number of ether oxygens (including phenoxy) is 2. The highest BCUT2D eigenvalue weighted by atomic mass is 16.5. The van der Waals surface area contributed by atoms with Gasteiger partial charge in [0.1, 0.15) is 11.4 Å². The van der Waals surface area contributed by atoms with Gasteiger partial charge in [0.2, 0.25) is 0 Å². The lowest BCUT2D eigenvalue weighted by Crippen LogP contribution is -2.40. The van der Waals surface area contributed by atoms with Crippen molar-refractivity contribution in [1.82, 2.24) is 9.80 Å². The number of hydrogen-bond donors (Lipinski definition) is 0. The summed E-state index contributed by atoms with van der Waals surface area (Å²) in [6.07, 6.45) is 3.82. The van der Waals surface area contributed by atoms with E-state index in [-0.39, 0.29) is 11.8 Å². The van der Waals surface area contributed by atoms with Gasteiger partial charge in [-0.1, -0.05) is 38.8 Å². The Morgan fingerprint density at radius 2 is 1.68 bits per heavy atom. The van der Waals surface area contributed by atoms with Gasteiger partial charge >= 0.3 is 0 Å². The highest BCUT2D eigenvalue weighted by Crippen LogP contribution is 2.33. The lowest BCUT2D eigenvalue weighted by Gasteiger charge is -2.29. The van der Waals surface area contributed by atoms with Crippen LogP contribution in [0.25, 0.3) is 5.57 Å². The molecule has 1 fully saturated rings. The summed E-state index contributed by atoms with van der Waals surface area (Å²) in [6, 6.07) is 7.49. The SMILES string of the molecule is CCCCCN1C(=O)C(c2ccc(OCCC)cc2)=C(N2CCOCC2)C1=O. The highest BCUT2D eigenvalue weighted by Gasteiger charge is 2.41. The fourth-order valence-corrected chi connectivity index (χ4v) is 3.56. The molecule has 1 aromatic rings. The second kappa shape index (κ2) is 9.73. The predicted octanol–water partition coefficient (Wildman–Crippen LogP) is 3.08. The van der Waals surface area contributed by atoms with Crippen molar-refractivity contribution in [3.8, 4) is 5.75 Å². The molecule has 0 radical (unpaired) electrons. The van der Waals surface area contributed by atoms with E-state index in [1.54, 1.807) is 0 Å². The topological polar surface area (TPSA) is 59.1 Å². The number of carbonyl (C=O) groups is 2. The average molecular weight is 386 g/mol. The summed E-state index contributed by atoms with van der Waals surface area (Å²) in [5.41, 5.74) is 1.79. The van der Waals surface area contributed by atoms with Crippen LogP contribution in [-0.2, 0) is 14.3 Å². The minimum Gasteiger partial charge on any atom is -0.494 e. The van der Waals surface area contributed by atoms with Crippen molar-refractivity contribution < 1.29 is 19.1 Å². The fourth-order valence-electron chi connectivity index (χ4n) is 3.56. The maximum atomic E-state index is 13.2. The van der Waals surface area contributed by atoms with Gasteiger partial charge in [0.05, 0.1) is 25.4 Å². The number of hydrogen-bond acceptors (Lipinski definition) is 5. The molecule has 1 saturated heterocycles. The molecular formula is C22H30N2O4. The van der Waals surface area contributed by atoms with Crippen LogP contribution in [0.1, 0.15) is 45.1 Å². The zero-order valence-electron chi connectivity index (χ0n) is 16.9. The number of imide groups is 1. The van der Waals surface area contributed by atoms with Gasteiger partial charge in [0.25, 0.3) is 11.8 Å². The minimum absolute atomic E-state index is 0.177. The zero-order valence-corrected chi connectivity index (χ0v) is 16.9. The van der Waals surface area contributed by atoms with Crippen LogP contribution in [0, 0.1) is 0 Å².